The Morgan fingerprint density at radius 2 is 1.79 bits per heavy atom. The van der Waals surface area contributed by atoms with Gasteiger partial charge in [0.05, 0.1) is 27.0 Å². The lowest BCUT2D eigenvalue weighted by Crippen LogP contribution is -2.32. The van der Waals surface area contributed by atoms with Gasteiger partial charge >= 0.3 is 0 Å². The van der Waals surface area contributed by atoms with Crippen molar-refractivity contribution in [2.75, 3.05) is 21.3 Å². The van der Waals surface area contributed by atoms with Crippen molar-refractivity contribution in [2.24, 2.45) is 10.9 Å². The van der Waals surface area contributed by atoms with Gasteiger partial charge in [-0.3, -0.25) is 9.59 Å². The number of allylic oxidation sites excluding steroid dienone is 3. The first-order valence-corrected chi connectivity index (χ1v) is 8.95. The van der Waals surface area contributed by atoms with Gasteiger partial charge in [0, 0.05) is 23.8 Å². The zero-order valence-corrected chi connectivity index (χ0v) is 16.7. The van der Waals surface area contributed by atoms with Crippen molar-refractivity contribution >= 4 is 23.6 Å². The normalized spacial score (nSPS) is 19.4. The van der Waals surface area contributed by atoms with Gasteiger partial charge < -0.3 is 19.5 Å². The Kier molecular flexibility index (Phi) is 5.97. The van der Waals surface area contributed by atoms with Gasteiger partial charge in [0.2, 0.25) is 11.7 Å². The van der Waals surface area contributed by atoms with Crippen LogP contribution in [0.5, 0.6) is 17.2 Å². The average molecular weight is 394 g/mol. The minimum absolute atomic E-state index is 0.0107. The number of aliphatic imine (C=N–C) groups is 1. The summed E-state index contributed by atoms with van der Waals surface area (Å²) in [6, 6.07) is 3.47. The molecular weight excluding hydrogens is 372 g/mol. The van der Waals surface area contributed by atoms with Crippen molar-refractivity contribution in [2.45, 2.75) is 6.92 Å². The summed E-state index contributed by atoms with van der Waals surface area (Å²) in [5.41, 5.74) is 2.85. The molecule has 3 rings (SSSR count). The van der Waals surface area contributed by atoms with E-state index in [2.05, 4.69) is 10.3 Å². The molecule has 150 valence electrons. The van der Waals surface area contributed by atoms with Gasteiger partial charge in [0.25, 0.3) is 5.91 Å². The molecule has 7 heteroatoms. The third-order valence-electron chi connectivity index (χ3n) is 4.56. The number of fused-ring (bicyclic) bond motifs is 1. The van der Waals surface area contributed by atoms with Crippen LogP contribution in [0.4, 0.5) is 0 Å². The summed E-state index contributed by atoms with van der Waals surface area (Å²) in [6.45, 7) is 1.90. The van der Waals surface area contributed by atoms with Crippen LogP contribution in [0.15, 0.2) is 58.8 Å². The first-order chi connectivity index (χ1) is 13.9. The van der Waals surface area contributed by atoms with Crippen LogP contribution in [-0.4, -0.2) is 38.9 Å². The molecular formula is C22H22N2O5. The molecule has 1 aliphatic carbocycles. The van der Waals surface area contributed by atoms with Crippen molar-refractivity contribution in [3.63, 3.8) is 0 Å². The first kappa shape index (κ1) is 20.1. The molecule has 2 aliphatic rings. The fourth-order valence-corrected chi connectivity index (χ4v) is 3.18. The number of ether oxygens (including phenoxy) is 3. The quantitative estimate of drug-likeness (QED) is 0.776. The van der Waals surface area contributed by atoms with Crippen LogP contribution in [0.2, 0.25) is 0 Å². The Morgan fingerprint density at radius 1 is 1.10 bits per heavy atom. The van der Waals surface area contributed by atoms with Crippen molar-refractivity contribution in [3.8, 4) is 17.2 Å². The summed E-state index contributed by atoms with van der Waals surface area (Å²) in [5.74, 6) is 0.874. The van der Waals surface area contributed by atoms with E-state index in [-0.39, 0.29) is 11.8 Å². The summed E-state index contributed by atoms with van der Waals surface area (Å²) in [7, 11) is 4.58. The van der Waals surface area contributed by atoms with Crippen molar-refractivity contribution in [1.29, 1.82) is 0 Å². The zero-order valence-electron chi connectivity index (χ0n) is 16.7. The molecule has 1 aliphatic heterocycles. The first-order valence-electron chi connectivity index (χ1n) is 8.95. The molecule has 29 heavy (non-hydrogen) atoms. The maximum atomic E-state index is 12.3. The largest absolute Gasteiger partial charge is 0.493 e. The summed E-state index contributed by atoms with van der Waals surface area (Å²) < 4.78 is 15.9. The van der Waals surface area contributed by atoms with Crippen molar-refractivity contribution in [3.05, 3.63) is 59.3 Å². The van der Waals surface area contributed by atoms with E-state index < -0.39 is 5.91 Å². The Morgan fingerprint density at radius 3 is 2.41 bits per heavy atom. The number of carbonyl (C=O) groups is 2. The van der Waals surface area contributed by atoms with Crippen LogP contribution < -0.4 is 19.5 Å². The molecule has 1 aromatic rings. The predicted octanol–water partition coefficient (Wildman–Crippen LogP) is 2.84. The number of benzene rings is 1. The SMILES string of the molecule is COc1cc(/C=C/C(=O)N=C2C=CC3C(C)=CC(=O)NC3=C2)cc(OC)c1OC. The van der Waals surface area contributed by atoms with E-state index in [1.165, 1.54) is 27.4 Å². The predicted molar refractivity (Wildman–Crippen MR) is 110 cm³/mol. The zero-order chi connectivity index (χ0) is 21.0. The lowest BCUT2D eigenvalue weighted by atomic mass is 9.89. The Labute approximate surface area is 169 Å². The van der Waals surface area contributed by atoms with E-state index >= 15 is 0 Å². The third-order valence-corrected chi connectivity index (χ3v) is 4.56. The number of rotatable bonds is 5. The van der Waals surface area contributed by atoms with Crippen LogP contribution in [0.25, 0.3) is 6.08 Å². The molecule has 0 saturated heterocycles. The molecule has 1 atom stereocenters. The molecule has 0 fully saturated rings. The molecule has 1 aromatic carbocycles. The number of amides is 2. The van der Waals surface area contributed by atoms with Gasteiger partial charge in [-0.1, -0.05) is 11.6 Å². The third kappa shape index (κ3) is 4.45. The van der Waals surface area contributed by atoms with Crippen LogP contribution in [0, 0.1) is 5.92 Å². The summed E-state index contributed by atoms with van der Waals surface area (Å²) in [5, 5.41) is 2.79. The molecule has 0 radical (unpaired) electrons. The van der Waals surface area contributed by atoms with Crippen molar-refractivity contribution in [1.82, 2.24) is 5.32 Å². The highest BCUT2D eigenvalue weighted by Gasteiger charge is 2.23. The second-order valence-electron chi connectivity index (χ2n) is 6.48. The number of hydrogen-bond donors (Lipinski definition) is 1. The van der Waals surface area contributed by atoms with E-state index in [0.717, 1.165) is 11.3 Å². The Hall–Kier alpha value is -3.61. The lowest BCUT2D eigenvalue weighted by molar-refractivity contribution is -0.116. The molecule has 1 heterocycles. The average Bonchev–Trinajstić information content (AvgIpc) is 2.70. The molecule has 0 saturated carbocycles. The van der Waals surface area contributed by atoms with Crippen LogP contribution in [-0.2, 0) is 9.59 Å². The highest BCUT2D eigenvalue weighted by molar-refractivity contribution is 6.13. The van der Waals surface area contributed by atoms with Gasteiger partial charge in [-0.2, -0.15) is 0 Å². The Bertz CT molecular complexity index is 973. The smallest absolute Gasteiger partial charge is 0.270 e. The van der Waals surface area contributed by atoms with Gasteiger partial charge in [0.1, 0.15) is 0 Å². The standard InChI is InChI=1S/C22H22N2O5/c1-13-9-21(26)24-17-12-15(6-7-16(13)17)23-20(25)8-5-14-10-18(27-2)22(29-4)19(11-14)28-3/h5-12,16H,1-4H3,(H,24,26)/b8-5+,23-15?. The topological polar surface area (TPSA) is 86.2 Å². The fourth-order valence-electron chi connectivity index (χ4n) is 3.18. The van der Waals surface area contributed by atoms with Gasteiger partial charge in [0.15, 0.2) is 11.5 Å². The minimum Gasteiger partial charge on any atom is -0.493 e. The molecule has 7 nitrogen and oxygen atoms in total. The maximum absolute atomic E-state index is 12.3. The fraction of sp³-hybridized carbons (Fsp3) is 0.227. The van der Waals surface area contributed by atoms with E-state index in [1.54, 1.807) is 36.4 Å². The number of hydrogen-bond acceptors (Lipinski definition) is 5. The summed E-state index contributed by atoms with van der Waals surface area (Å²) in [4.78, 5) is 28.0. The lowest BCUT2D eigenvalue weighted by Gasteiger charge is -2.25. The highest BCUT2D eigenvalue weighted by Crippen LogP contribution is 2.38. The van der Waals surface area contributed by atoms with Crippen LogP contribution in [0.1, 0.15) is 12.5 Å². The van der Waals surface area contributed by atoms with Gasteiger partial charge in [-0.15, -0.1) is 0 Å². The second kappa shape index (κ2) is 8.60. The minimum atomic E-state index is -0.428. The molecule has 0 bridgehead atoms. The van der Waals surface area contributed by atoms with Gasteiger partial charge in [-0.05, 0) is 42.8 Å². The van der Waals surface area contributed by atoms with Crippen LogP contribution >= 0.6 is 0 Å². The van der Waals surface area contributed by atoms with E-state index in [9.17, 15) is 9.59 Å². The number of nitrogens with one attached hydrogen (secondary N) is 1. The maximum Gasteiger partial charge on any atom is 0.270 e. The number of nitrogens with zero attached hydrogens (tertiary/aromatic N) is 1. The van der Waals surface area contributed by atoms with Gasteiger partial charge in [-0.25, -0.2) is 4.99 Å². The molecule has 1 unspecified atom stereocenters. The molecule has 0 spiro atoms. The van der Waals surface area contributed by atoms with E-state index in [1.807, 2.05) is 13.0 Å². The number of carbonyl (C=O) groups excluding carboxylic acids is 2. The van der Waals surface area contributed by atoms with E-state index in [0.29, 0.717) is 28.5 Å². The number of methoxy groups -OCH3 is 3. The van der Waals surface area contributed by atoms with E-state index in [4.69, 9.17) is 14.2 Å². The Balaban J connectivity index is 1.79. The highest BCUT2D eigenvalue weighted by atomic mass is 16.5. The molecule has 0 aromatic heterocycles. The second-order valence-corrected chi connectivity index (χ2v) is 6.48. The summed E-state index contributed by atoms with van der Waals surface area (Å²) >= 11 is 0. The summed E-state index contributed by atoms with van der Waals surface area (Å²) in [6.07, 6.45) is 9.94. The van der Waals surface area contributed by atoms with Crippen molar-refractivity contribution < 1.29 is 23.8 Å². The molecule has 1 N–H and O–H groups in total. The monoisotopic (exact) mass is 394 g/mol. The van der Waals surface area contributed by atoms with Crippen LogP contribution in [0.3, 0.4) is 0 Å². The molecule has 2 amide bonds.